The number of carbonyl (C=O) groups excluding carboxylic acids is 2. The molecule has 0 aromatic heterocycles. The van der Waals surface area contributed by atoms with Crippen molar-refractivity contribution in [2.24, 2.45) is 5.10 Å². The van der Waals surface area contributed by atoms with E-state index in [0.29, 0.717) is 17.9 Å². The Kier molecular flexibility index (Phi) is 7.99. The highest BCUT2D eigenvalue weighted by Gasteiger charge is 2.34. The summed E-state index contributed by atoms with van der Waals surface area (Å²) in [6.45, 7) is 3.63. The molecule has 0 saturated carbocycles. The smallest absolute Gasteiger partial charge is 0.317 e. The Balaban J connectivity index is 1.91. The molecule has 3 amide bonds. The summed E-state index contributed by atoms with van der Waals surface area (Å²) >= 11 is 0. The van der Waals surface area contributed by atoms with Gasteiger partial charge in [-0.3, -0.25) is 4.79 Å². The second-order valence-electron chi connectivity index (χ2n) is 8.31. The molecular formula is C25H32N4O5. The number of likely N-dealkylation sites (N-methyl/N-ethyl adjacent to an activating group) is 1. The van der Waals surface area contributed by atoms with Crippen molar-refractivity contribution in [1.82, 2.24) is 15.2 Å². The van der Waals surface area contributed by atoms with Gasteiger partial charge in [0.15, 0.2) is 11.5 Å². The van der Waals surface area contributed by atoms with Gasteiger partial charge < -0.3 is 24.4 Å². The molecule has 3 rings (SSSR count). The Morgan fingerprint density at radius 3 is 2.32 bits per heavy atom. The molecule has 0 saturated heterocycles. The first kappa shape index (κ1) is 24.9. The number of amides is 3. The molecule has 9 nitrogen and oxygen atoms in total. The lowest BCUT2D eigenvalue weighted by Crippen LogP contribution is -2.45. The first-order chi connectivity index (χ1) is 16.3. The molecule has 182 valence electrons. The quantitative estimate of drug-likeness (QED) is 0.641. The molecule has 9 heteroatoms. The summed E-state index contributed by atoms with van der Waals surface area (Å²) in [7, 11) is 6.35. The molecule has 1 aliphatic heterocycles. The second-order valence-corrected chi connectivity index (χ2v) is 8.31. The number of nitrogens with one attached hydrogen (secondary N) is 1. The Labute approximate surface area is 200 Å². The lowest BCUT2D eigenvalue weighted by atomic mass is 9.98. The molecule has 34 heavy (non-hydrogen) atoms. The summed E-state index contributed by atoms with van der Waals surface area (Å²) in [6.07, 6.45) is 0.509. The third-order valence-corrected chi connectivity index (χ3v) is 5.51. The Bertz CT molecular complexity index is 1050. The van der Waals surface area contributed by atoms with Crippen LogP contribution in [0.25, 0.3) is 0 Å². The summed E-state index contributed by atoms with van der Waals surface area (Å²) in [6, 6.07) is 12.4. The SMILES string of the molecule is COc1ccc(C2=NN(C(=O)CN(C)C(=O)NC(C)C)[C@H](c3ccc(OC)c(OC)c3)C2)cc1. The van der Waals surface area contributed by atoms with Crippen LogP contribution in [-0.2, 0) is 4.79 Å². The monoisotopic (exact) mass is 468 g/mol. The fourth-order valence-electron chi connectivity index (χ4n) is 3.72. The minimum atomic E-state index is -0.356. The predicted octanol–water partition coefficient (Wildman–Crippen LogP) is 3.44. The van der Waals surface area contributed by atoms with Crippen LogP contribution in [0.4, 0.5) is 4.79 Å². The van der Waals surface area contributed by atoms with Crippen LogP contribution in [0.1, 0.15) is 37.4 Å². The van der Waals surface area contributed by atoms with E-state index in [0.717, 1.165) is 22.6 Å². The van der Waals surface area contributed by atoms with Crippen molar-refractivity contribution < 1.29 is 23.8 Å². The third kappa shape index (κ3) is 5.59. The topological polar surface area (TPSA) is 92.7 Å². The van der Waals surface area contributed by atoms with Gasteiger partial charge in [0, 0.05) is 19.5 Å². The lowest BCUT2D eigenvalue weighted by Gasteiger charge is -2.26. The maximum atomic E-state index is 13.3. The number of hydrazone groups is 1. The van der Waals surface area contributed by atoms with Gasteiger partial charge in [0.1, 0.15) is 12.3 Å². The number of methoxy groups -OCH3 is 3. The zero-order valence-corrected chi connectivity index (χ0v) is 20.5. The van der Waals surface area contributed by atoms with Crippen molar-refractivity contribution >= 4 is 17.6 Å². The van der Waals surface area contributed by atoms with Crippen LogP contribution in [-0.4, -0.2) is 68.5 Å². The Morgan fingerprint density at radius 1 is 1.06 bits per heavy atom. The van der Waals surface area contributed by atoms with E-state index >= 15 is 0 Å². The molecular weight excluding hydrogens is 436 g/mol. The van der Waals surface area contributed by atoms with Crippen molar-refractivity contribution in [1.29, 1.82) is 0 Å². The minimum absolute atomic E-state index is 0.0314. The van der Waals surface area contributed by atoms with Gasteiger partial charge in [0.2, 0.25) is 0 Å². The highest BCUT2D eigenvalue weighted by Crippen LogP contribution is 2.37. The molecule has 1 atom stereocenters. The van der Waals surface area contributed by atoms with Crippen molar-refractivity contribution in [3.63, 3.8) is 0 Å². The lowest BCUT2D eigenvalue weighted by molar-refractivity contribution is -0.133. The van der Waals surface area contributed by atoms with Crippen molar-refractivity contribution in [2.45, 2.75) is 32.4 Å². The number of ether oxygens (including phenoxy) is 3. The molecule has 0 unspecified atom stereocenters. The number of carbonyl (C=O) groups is 2. The summed E-state index contributed by atoms with van der Waals surface area (Å²) in [4.78, 5) is 27.0. The van der Waals surface area contributed by atoms with Gasteiger partial charge in [-0.2, -0.15) is 5.10 Å². The van der Waals surface area contributed by atoms with Gasteiger partial charge in [0.05, 0.1) is 33.1 Å². The van der Waals surface area contributed by atoms with Crippen LogP contribution in [0, 0.1) is 0 Å². The van der Waals surface area contributed by atoms with E-state index in [4.69, 9.17) is 14.2 Å². The average Bonchev–Trinajstić information content (AvgIpc) is 3.28. The van der Waals surface area contributed by atoms with Crippen molar-refractivity contribution in [2.75, 3.05) is 34.9 Å². The first-order valence-electron chi connectivity index (χ1n) is 11.0. The molecule has 0 bridgehead atoms. The van der Waals surface area contributed by atoms with E-state index in [1.54, 1.807) is 28.4 Å². The maximum absolute atomic E-state index is 13.3. The summed E-state index contributed by atoms with van der Waals surface area (Å²) in [5.74, 6) is 1.62. The normalized spacial score (nSPS) is 15.1. The first-order valence-corrected chi connectivity index (χ1v) is 11.0. The van der Waals surface area contributed by atoms with Crippen LogP contribution in [0.15, 0.2) is 47.6 Å². The molecule has 0 fully saturated rings. The van der Waals surface area contributed by atoms with E-state index in [1.807, 2.05) is 56.3 Å². The number of urea groups is 1. The Hall–Kier alpha value is -3.75. The van der Waals surface area contributed by atoms with Crippen LogP contribution in [0.5, 0.6) is 17.2 Å². The molecule has 0 aliphatic carbocycles. The highest BCUT2D eigenvalue weighted by molar-refractivity contribution is 6.03. The van der Waals surface area contributed by atoms with Crippen LogP contribution in [0.3, 0.4) is 0 Å². The van der Waals surface area contributed by atoms with E-state index in [-0.39, 0.29) is 30.6 Å². The number of rotatable bonds is 8. The minimum Gasteiger partial charge on any atom is -0.497 e. The standard InChI is InChI=1S/C25H32N4O5/c1-16(2)26-25(31)28(3)15-24(30)29-21(18-9-12-22(33-5)23(13-18)34-6)14-20(27-29)17-7-10-19(32-4)11-8-17/h7-13,16,21H,14-15H2,1-6H3,(H,26,31)/t21-/m0/s1. The van der Waals surface area contributed by atoms with Gasteiger partial charge in [-0.1, -0.05) is 6.07 Å². The average molecular weight is 469 g/mol. The van der Waals surface area contributed by atoms with Gasteiger partial charge in [-0.25, -0.2) is 9.80 Å². The zero-order valence-electron chi connectivity index (χ0n) is 20.5. The van der Waals surface area contributed by atoms with Gasteiger partial charge in [-0.05, 0) is 61.4 Å². The summed E-state index contributed by atoms with van der Waals surface area (Å²) in [5.41, 5.74) is 2.52. The molecule has 1 N–H and O–H groups in total. The molecule has 0 radical (unpaired) electrons. The molecule has 2 aromatic rings. The zero-order chi connectivity index (χ0) is 24.8. The third-order valence-electron chi connectivity index (χ3n) is 5.51. The summed E-state index contributed by atoms with van der Waals surface area (Å²) in [5, 5.41) is 8.92. The van der Waals surface area contributed by atoms with E-state index < -0.39 is 0 Å². The van der Waals surface area contributed by atoms with Crippen molar-refractivity contribution in [3.8, 4) is 17.2 Å². The highest BCUT2D eigenvalue weighted by atomic mass is 16.5. The number of hydrogen-bond acceptors (Lipinski definition) is 6. The Morgan fingerprint density at radius 2 is 1.74 bits per heavy atom. The van der Waals surface area contributed by atoms with Gasteiger partial charge in [0.25, 0.3) is 5.91 Å². The molecule has 1 aliphatic rings. The fourth-order valence-corrected chi connectivity index (χ4v) is 3.72. The van der Waals surface area contributed by atoms with Gasteiger partial charge in [-0.15, -0.1) is 0 Å². The molecule has 1 heterocycles. The van der Waals surface area contributed by atoms with Gasteiger partial charge >= 0.3 is 6.03 Å². The number of nitrogens with zero attached hydrogens (tertiary/aromatic N) is 3. The number of benzene rings is 2. The summed E-state index contributed by atoms with van der Waals surface area (Å²) < 4.78 is 16.1. The molecule has 2 aromatic carbocycles. The maximum Gasteiger partial charge on any atom is 0.317 e. The fraction of sp³-hybridized carbons (Fsp3) is 0.400. The second kappa shape index (κ2) is 10.9. The van der Waals surface area contributed by atoms with Crippen LogP contribution in [0.2, 0.25) is 0 Å². The van der Waals surface area contributed by atoms with Crippen molar-refractivity contribution in [3.05, 3.63) is 53.6 Å². The van der Waals surface area contributed by atoms with Crippen LogP contribution >= 0.6 is 0 Å². The van der Waals surface area contributed by atoms with E-state index in [9.17, 15) is 9.59 Å². The largest absolute Gasteiger partial charge is 0.497 e. The number of hydrogen-bond donors (Lipinski definition) is 1. The predicted molar refractivity (Wildman–Crippen MR) is 130 cm³/mol. The van der Waals surface area contributed by atoms with E-state index in [1.165, 1.54) is 9.91 Å². The van der Waals surface area contributed by atoms with E-state index in [2.05, 4.69) is 10.4 Å². The molecule has 0 spiro atoms. The van der Waals surface area contributed by atoms with Crippen LogP contribution < -0.4 is 19.5 Å².